The van der Waals surface area contributed by atoms with Crippen molar-refractivity contribution in [3.05, 3.63) is 53.3 Å². The Morgan fingerprint density at radius 3 is 2.46 bits per heavy atom. The predicted molar refractivity (Wildman–Crippen MR) is 94.8 cm³/mol. The number of aromatic nitrogens is 1. The average molecular weight is 327 g/mol. The Hall–Kier alpha value is -2.11. The van der Waals surface area contributed by atoms with Crippen LogP contribution in [0.25, 0.3) is 0 Å². The maximum absolute atomic E-state index is 5.70. The molecule has 0 aliphatic carbocycles. The van der Waals surface area contributed by atoms with Gasteiger partial charge in [0.05, 0.1) is 26.0 Å². The summed E-state index contributed by atoms with van der Waals surface area (Å²) in [5.41, 5.74) is 3.16. The number of hydrogen-bond acceptors (Lipinski definition) is 5. The molecule has 1 saturated heterocycles. The first kappa shape index (κ1) is 16.7. The van der Waals surface area contributed by atoms with E-state index in [0.717, 1.165) is 54.6 Å². The number of ether oxygens (including phenoxy) is 2. The van der Waals surface area contributed by atoms with Crippen molar-refractivity contribution in [2.24, 2.45) is 0 Å². The molecule has 0 radical (unpaired) electrons. The van der Waals surface area contributed by atoms with Crippen LogP contribution < -0.4 is 14.8 Å². The van der Waals surface area contributed by atoms with Gasteiger partial charge < -0.3 is 14.8 Å². The van der Waals surface area contributed by atoms with Gasteiger partial charge in [-0.25, -0.2) is 0 Å². The summed E-state index contributed by atoms with van der Waals surface area (Å²) in [7, 11) is 3.37. The lowest BCUT2D eigenvalue weighted by molar-refractivity contribution is 0.191. The molecule has 0 bridgehead atoms. The van der Waals surface area contributed by atoms with Crippen molar-refractivity contribution >= 4 is 0 Å². The molecule has 5 heteroatoms. The van der Waals surface area contributed by atoms with E-state index in [2.05, 4.69) is 28.4 Å². The molecule has 0 amide bonds. The molecule has 0 saturated carbocycles. The van der Waals surface area contributed by atoms with Crippen LogP contribution in [-0.4, -0.2) is 50.3 Å². The average Bonchev–Trinajstić information content (AvgIpc) is 2.62. The molecule has 24 heavy (non-hydrogen) atoms. The molecular weight excluding hydrogens is 302 g/mol. The summed E-state index contributed by atoms with van der Waals surface area (Å²) in [4.78, 5) is 7.25. The molecular formula is C19H25N3O2. The summed E-state index contributed by atoms with van der Waals surface area (Å²) >= 11 is 0. The van der Waals surface area contributed by atoms with E-state index in [1.165, 1.54) is 0 Å². The van der Waals surface area contributed by atoms with Crippen LogP contribution in [0, 0.1) is 6.92 Å². The Morgan fingerprint density at radius 2 is 1.79 bits per heavy atom. The summed E-state index contributed by atoms with van der Waals surface area (Å²) in [6.07, 6.45) is 0. The van der Waals surface area contributed by atoms with Gasteiger partial charge in [-0.05, 0) is 25.1 Å². The Balaban J connectivity index is 2.11. The van der Waals surface area contributed by atoms with Crippen LogP contribution in [0.1, 0.15) is 23.0 Å². The first-order valence-electron chi connectivity index (χ1n) is 8.34. The van der Waals surface area contributed by atoms with Gasteiger partial charge in [0.25, 0.3) is 0 Å². The van der Waals surface area contributed by atoms with Gasteiger partial charge in [-0.2, -0.15) is 0 Å². The molecule has 1 atom stereocenters. The van der Waals surface area contributed by atoms with E-state index >= 15 is 0 Å². The molecule has 1 aromatic carbocycles. The number of pyridine rings is 1. The zero-order chi connectivity index (χ0) is 16.9. The number of hydrogen-bond donors (Lipinski definition) is 1. The quantitative estimate of drug-likeness (QED) is 0.914. The van der Waals surface area contributed by atoms with Crippen molar-refractivity contribution in [3.8, 4) is 11.5 Å². The fraction of sp³-hybridized carbons (Fsp3) is 0.421. The van der Waals surface area contributed by atoms with Crippen LogP contribution in [0.15, 0.2) is 36.4 Å². The van der Waals surface area contributed by atoms with Crippen molar-refractivity contribution < 1.29 is 9.47 Å². The number of piperazine rings is 1. The van der Waals surface area contributed by atoms with Crippen LogP contribution in [0.4, 0.5) is 0 Å². The number of rotatable bonds is 5. The molecule has 1 unspecified atom stereocenters. The zero-order valence-electron chi connectivity index (χ0n) is 14.6. The number of nitrogens with one attached hydrogen (secondary N) is 1. The predicted octanol–water partition coefficient (Wildman–Crippen LogP) is 2.40. The molecule has 5 nitrogen and oxygen atoms in total. The topological polar surface area (TPSA) is 46.6 Å². The summed E-state index contributed by atoms with van der Waals surface area (Å²) in [6, 6.07) is 12.3. The SMILES string of the molecule is COc1cccc(C(c2cccc(C)n2)N2CCNCC2)c1OC. The van der Waals surface area contributed by atoms with E-state index in [9.17, 15) is 0 Å². The van der Waals surface area contributed by atoms with Crippen molar-refractivity contribution in [2.45, 2.75) is 13.0 Å². The van der Waals surface area contributed by atoms with Gasteiger partial charge in [-0.3, -0.25) is 9.88 Å². The number of benzene rings is 1. The van der Waals surface area contributed by atoms with Crippen molar-refractivity contribution in [3.63, 3.8) is 0 Å². The van der Waals surface area contributed by atoms with Gasteiger partial charge in [-0.15, -0.1) is 0 Å². The lowest BCUT2D eigenvalue weighted by atomic mass is 9.98. The second-order valence-electron chi connectivity index (χ2n) is 5.98. The van der Waals surface area contributed by atoms with Crippen LogP contribution in [0.5, 0.6) is 11.5 Å². The van der Waals surface area contributed by atoms with E-state index in [4.69, 9.17) is 14.5 Å². The van der Waals surface area contributed by atoms with Gasteiger partial charge in [-0.1, -0.05) is 18.2 Å². The van der Waals surface area contributed by atoms with Crippen LogP contribution >= 0.6 is 0 Å². The monoisotopic (exact) mass is 327 g/mol. The third-order valence-corrected chi connectivity index (χ3v) is 4.43. The summed E-state index contributed by atoms with van der Waals surface area (Å²) < 4.78 is 11.2. The molecule has 2 aromatic rings. The van der Waals surface area contributed by atoms with Crippen molar-refractivity contribution in [1.82, 2.24) is 15.2 Å². The highest BCUT2D eigenvalue weighted by Crippen LogP contribution is 2.39. The number of para-hydroxylation sites is 1. The third-order valence-electron chi connectivity index (χ3n) is 4.43. The highest BCUT2D eigenvalue weighted by molar-refractivity contribution is 5.50. The number of nitrogens with zero attached hydrogens (tertiary/aromatic N) is 2. The Bertz CT molecular complexity index is 684. The van der Waals surface area contributed by atoms with Gasteiger partial charge in [0.1, 0.15) is 0 Å². The van der Waals surface area contributed by atoms with Crippen molar-refractivity contribution in [2.75, 3.05) is 40.4 Å². The molecule has 1 aliphatic rings. The molecule has 1 N–H and O–H groups in total. The maximum atomic E-state index is 5.70. The molecule has 128 valence electrons. The summed E-state index contributed by atoms with van der Waals surface area (Å²) in [5.74, 6) is 1.54. The second kappa shape index (κ2) is 7.64. The molecule has 2 heterocycles. The second-order valence-corrected chi connectivity index (χ2v) is 5.98. The van der Waals surface area contributed by atoms with Crippen LogP contribution in [0.2, 0.25) is 0 Å². The van der Waals surface area contributed by atoms with E-state index in [0.29, 0.717) is 0 Å². The largest absolute Gasteiger partial charge is 0.493 e. The lowest BCUT2D eigenvalue weighted by Crippen LogP contribution is -2.45. The summed E-state index contributed by atoms with van der Waals surface area (Å²) in [6.45, 7) is 5.94. The first-order chi connectivity index (χ1) is 11.7. The zero-order valence-corrected chi connectivity index (χ0v) is 14.6. The fourth-order valence-electron chi connectivity index (χ4n) is 3.33. The van der Waals surface area contributed by atoms with Crippen LogP contribution in [-0.2, 0) is 0 Å². The van der Waals surface area contributed by atoms with E-state index < -0.39 is 0 Å². The third kappa shape index (κ3) is 3.37. The Kier molecular flexibility index (Phi) is 5.33. The molecule has 1 aliphatic heterocycles. The minimum Gasteiger partial charge on any atom is -0.493 e. The highest BCUT2D eigenvalue weighted by Gasteiger charge is 2.28. The molecule has 0 spiro atoms. The maximum Gasteiger partial charge on any atom is 0.165 e. The standard InChI is InChI=1S/C19H25N3O2/c1-14-6-4-8-16(21-14)18(22-12-10-20-11-13-22)15-7-5-9-17(23-2)19(15)24-3/h4-9,18,20H,10-13H2,1-3H3. The lowest BCUT2D eigenvalue weighted by Gasteiger charge is -2.35. The van der Waals surface area contributed by atoms with Gasteiger partial charge >= 0.3 is 0 Å². The van der Waals surface area contributed by atoms with E-state index in [1.807, 2.05) is 25.1 Å². The minimum absolute atomic E-state index is 0.0528. The number of aryl methyl sites for hydroxylation is 1. The normalized spacial score (nSPS) is 16.6. The van der Waals surface area contributed by atoms with Gasteiger partial charge in [0.15, 0.2) is 11.5 Å². The van der Waals surface area contributed by atoms with Gasteiger partial charge in [0, 0.05) is 37.4 Å². The fourth-order valence-corrected chi connectivity index (χ4v) is 3.33. The highest BCUT2D eigenvalue weighted by atomic mass is 16.5. The minimum atomic E-state index is 0.0528. The van der Waals surface area contributed by atoms with Crippen molar-refractivity contribution in [1.29, 1.82) is 0 Å². The molecule has 1 fully saturated rings. The van der Waals surface area contributed by atoms with E-state index in [1.54, 1.807) is 14.2 Å². The smallest absolute Gasteiger partial charge is 0.165 e. The first-order valence-corrected chi connectivity index (χ1v) is 8.34. The summed E-state index contributed by atoms with van der Waals surface area (Å²) in [5, 5.41) is 3.42. The van der Waals surface area contributed by atoms with Gasteiger partial charge in [0.2, 0.25) is 0 Å². The van der Waals surface area contributed by atoms with E-state index in [-0.39, 0.29) is 6.04 Å². The van der Waals surface area contributed by atoms with Crippen LogP contribution in [0.3, 0.4) is 0 Å². The molecule has 1 aromatic heterocycles. The number of methoxy groups -OCH3 is 2. The Labute approximate surface area is 143 Å². The Morgan fingerprint density at radius 1 is 1.04 bits per heavy atom. The molecule has 3 rings (SSSR count).